The maximum Gasteiger partial charge on any atom is 0.187 e. The highest BCUT2D eigenvalue weighted by Crippen LogP contribution is 2.26. The van der Waals surface area contributed by atoms with E-state index in [4.69, 9.17) is 9.84 Å². The molecular formula is C15H30O6S. The summed E-state index contributed by atoms with van der Waals surface area (Å²) in [6.07, 6.45) is 4.49. The molecule has 0 amide bonds. The first-order valence-electron chi connectivity index (χ1n) is 8.28. The third-order valence-corrected chi connectivity index (χ3v) is 6.09. The lowest BCUT2D eigenvalue weighted by Gasteiger charge is -2.15. The van der Waals surface area contributed by atoms with Crippen LogP contribution in [0.25, 0.3) is 0 Å². The van der Waals surface area contributed by atoms with Crippen LogP contribution in [0, 0.1) is 0 Å². The van der Waals surface area contributed by atoms with E-state index in [9.17, 15) is 18.6 Å². The number of sulfone groups is 1. The maximum absolute atomic E-state index is 12.1. The Morgan fingerprint density at radius 2 is 1.45 bits per heavy atom. The summed E-state index contributed by atoms with van der Waals surface area (Å²) < 4.78 is 29.4. The van der Waals surface area contributed by atoms with E-state index in [1.165, 1.54) is 25.7 Å². The number of aliphatic hydroxyl groups is 3. The Morgan fingerprint density at radius 3 is 1.95 bits per heavy atom. The Balaban J connectivity index is 2.27. The minimum atomic E-state index is -3.63. The Bertz CT molecular complexity index is 397. The molecule has 6 nitrogen and oxygen atoms in total. The Morgan fingerprint density at radius 1 is 0.909 bits per heavy atom. The molecule has 4 atom stereocenters. The van der Waals surface area contributed by atoms with Gasteiger partial charge in [0, 0.05) is 0 Å². The van der Waals surface area contributed by atoms with Crippen LogP contribution in [-0.4, -0.2) is 59.8 Å². The molecule has 1 saturated heterocycles. The molecule has 1 aliphatic rings. The standard InChI is InChI=1S/C15H30O6S/c1-2-3-4-5-6-7-8-9-10-22(19,20)15-14(18)13(17)12(11-16)21-15/h12-18H,2-11H2,1H3/t12-,13-,14+,15+/m1/s1. The Hall–Kier alpha value is -0.210. The fraction of sp³-hybridized carbons (Fsp3) is 1.00. The molecule has 0 aliphatic carbocycles. The zero-order chi connectivity index (χ0) is 16.6. The van der Waals surface area contributed by atoms with Crippen LogP contribution in [0.2, 0.25) is 0 Å². The largest absolute Gasteiger partial charge is 0.394 e. The average Bonchev–Trinajstić information content (AvgIpc) is 2.78. The third kappa shape index (κ3) is 5.77. The van der Waals surface area contributed by atoms with Crippen molar-refractivity contribution in [3.8, 4) is 0 Å². The van der Waals surface area contributed by atoms with Gasteiger partial charge in [0.1, 0.15) is 18.3 Å². The number of hydrogen-bond donors (Lipinski definition) is 3. The number of aliphatic hydroxyl groups excluding tert-OH is 3. The molecule has 0 bridgehead atoms. The second kappa shape index (κ2) is 9.82. The van der Waals surface area contributed by atoms with Crippen LogP contribution in [0.5, 0.6) is 0 Å². The van der Waals surface area contributed by atoms with E-state index in [0.29, 0.717) is 6.42 Å². The van der Waals surface area contributed by atoms with E-state index in [0.717, 1.165) is 19.3 Å². The van der Waals surface area contributed by atoms with Crippen molar-refractivity contribution >= 4 is 9.84 Å². The van der Waals surface area contributed by atoms with Gasteiger partial charge in [-0.1, -0.05) is 51.9 Å². The first-order valence-corrected chi connectivity index (χ1v) is 9.99. The van der Waals surface area contributed by atoms with Crippen LogP contribution >= 0.6 is 0 Å². The summed E-state index contributed by atoms with van der Waals surface area (Å²) in [5.41, 5.74) is -1.43. The fourth-order valence-corrected chi connectivity index (χ4v) is 4.45. The molecule has 22 heavy (non-hydrogen) atoms. The van der Waals surface area contributed by atoms with E-state index in [1.54, 1.807) is 0 Å². The van der Waals surface area contributed by atoms with Crippen LogP contribution in [0.3, 0.4) is 0 Å². The van der Waals surface area contributed by atoms with Crippen molar-refractivity contribution < 1.29 is 28.5 Å². The van der Waals surface area contributed by atoms with Gasteiger partial charge in [-0.2, -0.15) is 0 Å². The summed E-state index contributed by atoms with van der Waals surface area (Å²) >= 11 is 0. The summed E-state index contributed by atoms with van der Waals surface area (Å²) in [6.45, 7) is 1.66. The van der Waals surface area contributed by atoms with Crippen molar-refractivity contribution in [2.24, 2.45) is 0 Å². The first-order chi connectivity index (χ1) is 10.4. The van der Waals surface area contributed by atoms with E-state index in [2.05, 4.69) is 6.92 Å². The first kappa shape index (κ1) is 19.8. The number of ether oxygens (including phenoxy) is 1. The lowest BCUT2D eigenvalue weighted by atomic mass is 10.1. The SMILES string of the molecule is CCCCCCCCCCS(=O)(=O)[C@@H]1O[C@H](CO)[C@@H](O)[C@@H]1O. The Kier molecular flexibility index (Phi) is 8.86. The van der Waals surface area contributed by atoms with Gasteiger partial charge < -0.3 is 20.1 Å². The van der Waals surface area contributed by atoms with Gasteiger partial charge in [-0.3, -0.25) is 0 Å². The van der Waals surface area contributed by atoms with Crippen molar-refractivity contribution in [2.45, 2.75) is 82.0 Å². The van der Waals surface area contributed by atoms with Crippen molar-refractivity contribution in [1.29, 1.82) is 0 Å². The van der Waals surface area contributed by atoms with E-state index in [-0.39, 0.29) is 5.75 Å². The number of unbranched alkanes of at least 4 members (excludes halogenated alkanes) is 7. The maximum atomic E-state index is 12.1. The average molecular weight is 338 g/mol. The van der Waals surface area contributed by atoms with E-state index >= 15 is 0 Å². The van der Waals surface area contributed by atoms with Crippen LogP contribution in [0.1, 0.15) is 58.3 Å². The molecule has 3 N–H and O–H groups in total. The van der Waals surface area contributed by atoms with Gasteiger partial charge in [-0.05, 0) is 6.42 Å². The van der Waals surface area contributed by atoms with Gasteiger partial charge in [0.2, 0.25) is 0 Å². The van der Waals surface area contributed by atoms with Gasteiger partial charge in [-0.25, -0.2) is 8.42 Å². The summed E-state index contributed by atoms with van der Waals surface area (Å²) in [5, 5.41) is 28.3. The number of rotatable bonds is 11. The van der Waals surface area contributed by atoms with Gasteiger partial charge in [-0.15, -0.1) is 0 Å². The highest BCUT2D eigenvalue weighted by Gasteiger charge is 2.48. The summed E-state index contributed by atoms with van der Waals surface area (Å²) in [4.78, 5) is 0. The molecule has 1 heterocycles. The molecule has 0 unspecified atom stereocenters. The molecule has 132 valence electrons. The lowest BCUT2D eigenvalue weighted by Crippen LogP contribution is -2.37. The van der Waals surface area contributed by atoms with Crippen molar-refractivity contribution in [3.63, 3.8) is 0 Å². The third-order valence-electron chi connectivity index (χ3n) is 4.13. The molecule has 1 aliphatic heterocycles. The van der Waals surface area contributed by atoms with Gasteiger partial charge in [0.25, 0.3) is 0 Å². The van der Waals surface area contributed by atoms with Gasteiger partial charge >= 0.3 is 0 Å². The number of hydrogen-bond acceptors (Lipinski definition) is 6. The minimum absolute atomic E-state index is 0.0610. The predicted molar refractivity (Wildman–Crippen MR) is 84.2 cm³/mol. The van der Waals surface area contributed by atoms with Gasteiger partial charge in [0.05, 0.1) is 12.4 Å². The minimum Gasteiger partial charge on any atom is -0.394 e. The van der Waals surface area contributed by atoms with Crippen LogP contribution < -0.4 is 0 Å². The van der Waals surface area contributed by atoms with Crippen LogP contribution in [0.15, 0.2) is 0 Å². The zero-order valence-corrected chi connectivity index (χ0v) is 14.2. The molecule has 7 heteroatoms. The molecule has 1 rings (SSSR count). The molecule has 0 saturated carbocycles. The second-order valence-corrected chi connectivity index (χ2v) is 8.25. The highest BCUT2D eigenvalue weighted by molar-refractivity contribution is 7.91. The molecule has 0 radical (unpaired) electrons. The molecular weight excluding hydrogens is 308 g/mol. The van der Waals surface area contributed by atoms with Crippen molar-refractivity contribution in [3.05, 3.63) is 0 Å². The highest BCUT2D eigenvalue weighted by atomic mass is 32.2. The zero-order valence-electron chi connectivity index (χ0n) is 13.4. The molecule has 1 fully saturated rings. The normalized spacial score (nSPS) is 29.1. The molecule has 0 aromatic rings. The predicted octanol–water partition coefficient (Wildman–Crippen LogP) is 0.981. The molecule has 0 spiro atoms. The summed E-state index contributed by atoms with van der Waals surface area (Å²) in [5.74, 6) is -0.0610. The smallest absolute Gasteiger partial charge is 0.187 e. The summed E-state index contributed by atoms with van der Waals surface area (Å²) in [7, 11) is -3.63. The molecule has 0 aromatic heterocycles. The topological polar surface area (TPSA) is 104 Å². The van der Waals surface area contributed by atoms with E-state index < -0.39 is 40.2 Å². The Labute approximate surface area is 133 Å². The monoisotopic (exact) mass is 338 g/mol. The quantitative estimate of drug-likeness (QED) is 0.485. The van der Waals surface area contributed by atoms with Gasteiger partial charge in [0.15, 0.2) is 15.3 Å². The second-order valence-electron chi connectivity index (χ2n) is 6.05. The molecule has 0 aromatic carbocycles. The summed E-state index contributed by atoms with van der Waals surface area (Å²) in [6, 6.07) is 0. The fourth-order valence-electron chi connectivity index (χ4n) is 2.72. The van der Waals surface area contributed by atoms with E-state index in [1.807, 2.05) is 0 Å². The van der Waals surface area contributed by atoms with Crippen LogP contribution in [0.4, 0.5) is 0 Å². The lowest BCUT2D eigenvalue weighted by molar-refractivity contribution is -0.00880. The van der Waals surface area contributed by atoms with Crippen molar-refractivity contribution in [2.75, 3.05) is 12.4 Å². The van der Waals surface area contributed by atoms with Crippen molar-refractivity contribution in [1.82, 2.24) is 0 Å². The van der Waals surface area contributed by atoms with Crippen LogP contribution in [-0.2, 0) is 14.6 Å².